The van der Waals surface area contributed by atoms with Crippen LogP contribution in [0.1, 0.15) is 76.6 Å². The van der Waals surface area contributed by atoms with Gasteiger partial charge in [0.15, 0.2) is 8.32 Å². The van der Waals surface area contributed by atoms with E-state index in [9.17, 15) is 14.7 Å². The number of aliphatic hydroxyl groups is 1. The third-order valence-electron chi connectivity index (χ3n) is 8.74. The van der Waals surface area contributed by atoms with Crippen molar-refractivity contribution in [3.8, 4) is 0 Å². The summed E-state index contributed by atoms with van der Waals surface area (Å²) in [6.45, 7) is 21.4. The maximum Gasteiger partial charge on any atom is 0.416 e. The van der Waals surface area contributed by atoms with E-state index in [1.54, 1.807) is 11.3 Å². The van der Waals surface area contributed by atoms with Crippen LogP contribution in [0.15, 0.2) is 53.4 Å². The van der Waals surface area contributed by atoms with E-state index in [1.807, 2.05) is 56.5 Å². The van der Waals surface area contributed by atoms with Crippen molar-refractivity contribution in [2.75, 3.05) is 6.61 Å². The van der Waals surface area contributed by atoms with Crippen molar-refractivity contribution in [3.05, 3.63) is 69.7 Å². The van der Waals surface area contributed by atoms with E-state index in [2.05, 4.69) is 51.5 Å². The standard InChI is InChI=1S/C34H50N2O5SSi/c1-23(14-13-15-24(2)32(38)36-29(21-40-33(36)39)19-27-16-11-10-12-17-27)30(37)20-31(41-43(8,9)34(5,6)7)25(3)18-28-22-42-26(4)35-28/h10-12,16-18,22,24,29-31,37H,1,13-15,19-21H2,2-9H3/b25-18+/t24-,29-,30?,31-/m0/s1. The van der Waals surface area contributed by atoms with Gasteiger partial charge in [-0.2, -0.15) is 0 Å². The number of aliphatic hydroxyl groups excluding tert-OH is 1. The number of hydrogen-bond donors (Lipinski definition) is 1. The lowest BCUT2D eigenvalue weighted by Gasteiger charge is -2.40. The fraction of sp³-hybridized carbons (Fsp3) is 0.559. The van der Waals surface area contributed by atoms with E-state index < -0.39 is 20.5 Å². The van der Waals surface area contributed by atoms with Crippen LogP contribution in [-0.2, 0) is 20.4 Å². The van der Waals surface area contributed by atoms with E-state index >= 15 is 0 Å². The molecule has 2 heterocycles. The number of cyclic esters (lactones) is 1. The third kappa shape index (κ3) is 9.70. The Bertz CT molecular complexity index is 1280. The number of benzene rings is 1. The number of amides is 2. The van der Waals surface area contributed by atoms with Gasteiger partial charge in [-0.3, -0.25) is 4.79 Å². The van der Waals surface area contributed by atoms with Gasteiger partial charge in [0, 0.05) is 17.7 Å². The lowest BCUT2D eigenvalue weighted by Crippen LogP contribution is -2.45. The highest BCUT2D eigenvalue weighted by Gasteiger charge is 2.41. The van der Waals surface area contributed by atoms with Gasteiger partial charge in [-0.05, 0) is 80.4 Å². The molecule has 1 aromatic carbocycles. The molecule has 2 amide bonds. The number of carbonyl (C=O) groups excluding carboxylic acids is 2. The topological polar surface area (TPSA) is 89.0 Å². The number of thiazole rings is 1. The molecule has 1 fully saturated rings. The highest BCUT2D eigenvalue weighted by Crippen LogP contribution is 2.39. The quantitative estimate of drug-likeness (QED) is 0.169. The van der Waals surface area contributed by atoms with Gasteiger partial charge in [0.1, 0.15) is 6.61 Å². The molecule has 1 saturated heterocycles. The van der Waals surface area contributed by atoms with Crippen LogP contribution in [0.5, 0.6) is 0 Å². The van der Waals surface area contributed by atoms with Crippen molar-refractivity contribution < 1.29 is 23.9 Å². The van der Waals surface area contributed by atoms with E-state index in [4.69, 9.17) is 9.16 Å². The number of imide groups is 1. The monoisotopic (exact) mass is 626 g/mol. The predicted octanol–water partition coefficient (Wildman–Crippen LogP) is 7.95. The lowest BCUT2D eigenvalue weighted by atomic mass is 9.94. The van der Waals surface area contributed by atoms with Crippen LogP contribution in [0.4, 0.5) is 4.79 Å². The van der Waals surface area contributed by atoms with Gasteiger partial charge >= 0.3 is 6.09 Å². The molecular formula is C34H50N2O5SSi. The Morgan fingerprint density at radius 1 is 1.30 bits per heavy atom. The number of aromatic nitrogens is 1. The second kappa shape index (κ2) is 14.9. The molecule has 3 rings (SSSR count). The fourth-order valence-electron chi connectivity index (χ4n) is 4.93. The molecule has 1 aromatic heterocycles. The first-order valence-corrected chi connectivity index (χ1v) is 19.1. The molecule has 7 nitrogen and oxygen atoms in total. The summed E-state index contributed by atoms with van der Waals surface area (Å²) in [4.78, 5) is 31.6. The number of aryl methyl sites for hydroxylation is 1. The zero-order valence-corrected chi connectivity index (χ0v) is 29.0. The summed E-state index contributed by atoms with van der Waals surface area (Å²) >= 11 is 1.61. The zero-order valence-electron chi connectivity index (χ0n) is 27.2. The van der Waals surface area contributed by atoms with E-state index in [1.165, 1.54) is 4.90 Å². The Morgan fingerprint density at radius 2 is 1.98 bits per heavy atom. The minimum Gasteiger partial charge on any atom is -0.447 e. The molecule has 1 aliphatic rings. The average Bonchev–Trinajstić information content (AvgIpc) is 3.51. The minimum atomic E-state index is -2.13. The molecule has 0 radical (unpaired) electrons. The Balaban J connectivity index is 1.59. The summed E-state index contributed by atoms with van der Waals surface area (Å²) < 4.78 is 12.1. The first kappa shape index (κ1) is 34.9. The SMILES string of the molecule is C=C(CCC[C@H](C)C(=O)N1C(=O)OC[C@@H]1Cc1ccccc1)C(O)C[C@H](O[Si](C)(C)C(C)(C)C)/C(C)=C/c1csc(C)n1. The van der Waals surface area contributed by atoms with Crippen LogP contribution in [0.2, 0.25) is 18.1 Å². The van der Waals surface area contributed by atoms with Gasteiger partial charge in [-0.25, -0.2) is 14.7 Å². The van der Waals surface area contributed by atoms with Crippen molar-refractivity contribution in [3.63, 3.8) is 0 Å². The zero-order chi connectivity index (χ0) is 31.9. The Kier molecular flexibility index (Phi) is 12.1. The smallest absolute Gasteiger partial charge is 0.416 e. The first-order chi connectivity index (χ1) is 20.1. The maximum atomic E-state index is 13.3. The molecule has 1 unspecified atom stereocenters. The molecule has 1 aliphatic heterocycles. The van der Waals surface area contributed by atoms with Crippen LogP contribution < -0.4 is 0 Å². The third-order valence-corrected chi connectivity index (χ3v) is 14.0. The second-order valence-electron chi connectivity index (χ2n) is 13.4. The molecule has 0 bridgehead atoms. The van der Waals surface area contributed by atoms with Gasteiger partial charge < -0.3 is 14.3 Å². The van der Waals surface area contributed by atoms with Crippen molar-refractivity contribution in [2.24, 2.45) is 5.92 Å². The lowest BCUT2D eigenvalue weighted by molar-refractivity contribution is -0.133. The molecule has 0 saturated carbocycles. The summed E-state index contributed by atoms with van der Waals surface area (Å²) in [5.74, 6) is -0.564. The van der Waals surface area contributed by atoms with E-state index in [0.717, 1.165) is 27.4 Å². The predicted molar refractivity (Wildman–Crippen MR) is 177 cm³/mol. The number of ether oxygens (including phenoxy) is 1. The molecule has 236 valence electrons. The molecule has 1 N–H and O–H groups in total. The van der Waals surface area contributed by atoms with E-state index in [-0.39, 0.29) is 35.6 Å². The summed E-state index contributed by atoms with van der Waals surface area (Å²) in [5, 5.41) is 14.3. The number of hydrogen-bond acceptors (Lipinski definition) is 7. The molecule has 9 heteroatoms. The van der Waals surface area contributed by atoms with E-state index in [0.29, 0.717) is 32.1 Å². The number of rotatable bonds is 14. The maximum absolute atomic E-state index is 13.3. The highest BCUT2D eigenvalue weighted by atomic mass is 32.1. The van der Waals surface area contributed by atoms with Gasteiger partial charge in [-0.15, -0.1) is 11.3 Å². The highest BCUT2D eigenvalue weighted by molar-refractivity contribution is 7.09. The molecule has 4 atom stereocenters. The average molecular weight is 627 g/mol. The van der Waals surface area contributed by atoms with Crippen LogP contribution >= 0.6 is 11.3 Å². The summed E-state index contributed by atoms with van der Waals surface area (Å²) in [7, 11) is -2.13. The van der Waals surface area contributed by atoms with Gasteiger partial charge in [0.2, 0.25) is 5.91 Å². The van der Waals surface area contributed by atoms with Gasteiger partial charge in [0.25, 0.3) is 0 Å². The van der Waals surface area contributed by atoms with Crippen LogP contribution in [0.3, 0.4) is 0 Å². The van der Waals surface area contributed by atoms with Crippen molar-refractivity contribution >= 4 is 37.7 Å². The fourth-order valence-corrected chi connectivity index (χ4v) is 6.85. The molecule has 0 spiro atoms. The van der Waals surface area contributed by atoms with Crippen LogP contribution in [0.25, 0.3) is 6.08 Å². The second-order valence-corrected chi connectivity index (χ2v) is 19.2. The minimum absolute atomic E-state index is 0.0231. The molecule has 43 heavy (non-hydrogen) atoms. The number of carbonyl (C=O) groups is 2. The molecular weight excluding hydrogens is 577 g/mol. The normalized spacial score (nSPS) is 18.3. The Labute approximate surface area is 263 Å². The summed E-state index contributed by atoms with van der Waals surface area (Å²) in [6, 6.07) is 9.52. The Hall–Kier alpha value is -2.59. The molecule has 2 aromatic rings. The van der Waals surface area contributed by atoms with Crippen molar-refractivity contribution in [2.45, 2.75) is 110 Å². The van der Waals surface area contributed by atoms with Crippen molar-refractivity contribution in [1.82, 2.24) is 9.88 Å². The first-order valence-electron chi connectivity index (χ1n) is 15.3. The van der Waals surface area contributed by atoms with Crippen LogP contribution in [0, 0.1) is 12.8 Å². The largest absolute Gasteiger partial charge is 0.447 e. The Morgan fingerprint density at radius 3 is 2.58 bits per heavy atom. The van der Waals surface area contributed by atoms with Gasteiger partial charge in [-0.1, -0.05) is 64.6 Å². The van der Waals surface area contributed by atoms with Gasteiger partial charge in [0.05, 0.1) is 29.0 Å². The van der Waals surface area contributed by atoms with Crippen molar-refractivity contribution in [1.29, 1.82) is 0 Å². The summed E-state index contributed by atoms with van der Waals surface area (Å²) in [5.41, 5.74) is 3.72. The molecule has 0 aliphatic carbocycles. The summed E-state index contributed by atoms with van der Waals surface area (Å²) in [6.07, 6.45) is 3.29. The number of nitrogens with zero attached hydrogens (tertiary/aromatic N) is 2. The van der Waals surface area contributed by atoms with Crippen LogP contribution in [-0.4, -0.2) is 60.2 Å².